The third-order valence-electron chi connectivity index (χ3n) is 5.85. The van der Waals surface area contributed by atoms with E-state index in [-0.39, 0.29) is 45.2 Å². The van der Waals surface area contributed by atoms with Crippen molar-refractivity contribution in [3.8, 4) is 17.4 Å². The quantitative estimate of drug-likeness (QED) is 0.309. The molecular formula is C27H29ClF3N5O4. The van der Waals surface area contributed by atoms with E-state index in [4.69, 9.17) is 26.8 Å². The van der Waals surface area contributed by atoms with E-state index in [1.807, 2.05) is 0 Å². The molecule has 2 amide bonds. The van der Waals surface area contributed by atoms with Crippen LogP contribution in [-0.4, -0.2) is 40.8 Å². The zero-order valence-electron chi connectivity index (χ0n) is 22.4. The summed E-state index contributed by atoms with van der Waals surface area (Å²) in [4.78, 5) is 33.0. The molecule has 1 aliphatic rings. The lowest BCUT2D eigenvalue weighted by atomic mass is 10.1. The molecule has 0 spiro atoms. The van der Waals surface area contributed by atoms with Crippen molar-refractivity contribution in [2.75, 3.05) is 19.5 Å². The van der Waals surface area contributed by atoms with Gasteiger partial charge in [0.2, 0.25) is 17.7 Å². The van der Waals surface area contributed by atoms with Gasteiger partial charge in [-0.05, 0) is 23.8 Å². The van der Waals surface area contributed by atoms with Crippen molar-refractivity contribution in [1.82, 2.24) is 14.9 Å². The van der Waals surface area contributed by atoms with Crippen LogP contribution in [0.2, 0.25) is 5.02 Å². The fourth-order valence-electron chi connectivity index (χ4n) is 3.84. The van der Waals surface area contributed by atoms with Crippen LogP contribution >= 0.6 is 11.6 Å². The number of nitrogens with two attached hydrogens (primary N) is 1. The average molecular weight is 580 g/mol. The summed E-state index contributed by atoms with van der Waals surface area (Å²) in [5, 5.41) is 2.68. The molecule has 4 rings (SSSR count). The lowest BCUT2D eigenvalue weighted by Gasteiger charge is -2.16. The summed E-state index contributed by atoms with van der Waals surface area (Å²) >= 11 is 6.08. The number of nitrogens with one attached hydrogen (secondary N) is 1. The summed E-state index contributed by atoms with van der Waals surface area (Å²) < 4.78 is 51.8. The standard InChI is InChI=1S/C22H17ClF3N5O4.C5H12/c1-31-9-10-4-3-5-15(17(10)20(31)33)35-19-12(22(24,25)26)8-28-21(30-19)29-14-7-13(23)11(18(27)32)6-16(14)34-2;1-3-5-4-2/h3-8H,9H2,1-2H3,(H2,27,32)(H,28,29,30);3-5H2,1-2H3. The third kappa shape index (κ3) is 6.92. The number of halogens is 4. The van der Waals surface area contributed by atoms with Crippen LogP contribution in [0.4, 0.5) is 24.8 Å². The molecule has 2 heterocycles. The molecule has 3 N–H and O–H groups in total. The van der Waals surface area contributed by atoms with E-state index in [1.165, 1.54) is 49.5 Å². The maximum Gasteiger partial charge on any atom is 0.423 e. The Balaban J connectivity index is 0.000000810. The minimum absolute atomic E-state index is 0.0148. The number of carbonyl (C=O) groups excluding carboxylic acids is 2. The number of nitrogens with zero attached hydrogens (tertiary/aromatic N) is 3. The lowest BCUT2D eigenvalue weighted by Crippen LogP contribution is -2.18. The fraction of sp³-hybridized carbons (Fsp3) is 0.333. The number of amides is 2. The zero-order valence-corrected chi connectivity index (χ0v) is 23.1. The summed E-state index contributed by atoms with van der Waals surface area (Å²) in [6.07, 6.45) is -0.211. The summed E-state index contributed by atoms with van der Waals surface area (Å²) in [7, 11) is 2.88. The largest absolute Gasteiger partial charge is 0.495 e. The highest BCUT2D eigenvalue weighted by molar-refractivity contribution is 6.34. The maximum atomic E-state index is 13.7. The van der Waals surface area contributed by atoms with Crippen LogP contribution in [0.15, 0.2) is 36.5 Å². The van der Waals surface area contributed by atoms with Crippen molar-refractivity contribution in [3.05, 3.63) is 63.8 Å². The Morgan fingerprint density at radius 2 is 1.90 bits per heavy atom. The van der Waals surface area contributed by atoms with Crippen molar-refractivity contribution in [3.63, 3.8) is 0 Å². The van der Waals surface area contributed by atoms with Crippen LogP contribution in [0.1, 0.15) is 65.0 Å². The van der Waals surface area contributed by atoms with Gasteiger partial charge < -0.3 is 25.4 Å². The second-order valence-corrected chi connectivity index (χ2v) is 9.25. The monoisotopic (exact) mass is 579 g/mol. The summed E-state index contributed by atoms with van der Waals surface area (Å²) in [6.45, 7) is 4.73. The van der Waals surface area contributed by atoms with Crippen molar-refractivity contribution in [2.24, 2.45) is 5.73 Å². The number of fused-ring (bicyclic) bond motifs is 1. The smallest absolute Gasteiger partial charge is 0.423 e. The van der Waals surface area contributed by atoms with Crippen molar-refractivity contribution < 1.29 is 32.2 Å². The SMILES string of the molecule is CCCCC.COc1cc(C(N)=O)c(Cl)cc1Nc1ncc(C(F)(F)F)c(Oc2cccc3c2C(=O)N(C)C3)n1. The van der Waals surface area contributed by atoms with Gasteiger partial charge in [-0.1, -0.05) is 56.8 Å². The van der Waals surface area contributed by atoms with Crippen LogP contribution in [0, 0.1) is 0 Å². The molecular weight excluding hydrogens is 551 g/mol. The fourth-order valence-corrected chi connectivity index (χ4v) is 4.10. The first-order valence-electron chi connectivity index (χ1n) is 12.3. The number of rotatable bonds is 8. The van der Waals surface area contributed by atoms with Crippen LogP contribution in [0.5, 0.6) is 17.4 Å². The number of aromatic nitrogens is 2. The Bertz CT molecular complexity index is 1400. The molecule has 0 aliphatic carbocycles. The van der Waals surface area contributed by atoms with E-state index >= 15 is 0 Å². The molecule has 0 atom stereocenters. The number of hydrogen-bond acceptors (Lipinski definition) is 7. The van der Waals surface area contributed by atoms with Gasteiger partial charge in [-0.2, -0.15) is 18.2 Å². The number of benzene rings is 2. The molecule has 2 aromatic carbocycles. The van der Waals surface area contributed by atoms with Gasteiger partial charge >= 0.3 is 6.18 Å². The van der Waals surface area contributed by atoms with E-state index in [1.54, 1.807) is 19.2 Å². The van der Waals surface area contributed by atoms with Gasteiger partial charge in [-0.3, -0.25) is 9.59 Å². The number of ether oxygens (including phenoxy) is 2. The minimum atomic E-state index is -4.84. The molecule has 9 nitrogen and oxygen atoms in total. The van der Waals surface area contributed by atoms with Gasteiger partial charge in [0.05, 0.1) is 28.9 Å². The van der Waals surface area contributed by atoms with E-state index < -0.39 is 23.5 Å². The number of alkyl halides is 3. The minimum Gasteiger partial charge on any atom is -0.495 e. The van der Waals surface area contributed by atoms with Crippen molar-refractivity contribution in [2.45, 2.75) is 45.8 Å². The van der Waals surface area contributed by atoms with Gasteiger partial charge in [0.25, 0.3) is 5.91 Å². The molecule has 214 valence electrons. The molecule has 0 radical (unpaired) electrons. The molecule has 0 fully saturated rings. The molecule has 0 saturated heterocycles. The molecule has 0 unspecified atom stereocenters. The molecule has 13 heteroatoms. The predicted molar refractivity (Wildman–Crippen MR) is 144 cm³/mol. The Morgan fingerprint density at radius 1 is 1.20 bits per heavy atom. The first-order valence-corrected chi connectivity index (χ1v) is 12.7. The molecule has 40 heavy (non-hydrogen) atoms. The molecule has 1 aliphatic heterocycles. The predicted octanol–water partition coefficient (Wildman–Crippen LogP) is 6.57. The van der Waals surface area contributed by atoms with Gasteiger partial charge in [0, 0.05) is 19.8 Å². The topological polar surface area (TPSA) is 120 Å². The number of methoxy groups -OCH3 is 1. The maximum absolute atomic E-state index is 13.7. The molecule has 1 aromatic heterocycles. The number of primary amides is 1. The normalized spacial score (nSPS) is 12.4. The van der Waals surface area contributed by atoms with Gasteiger partial charge in [0.1, 0.15) is 17.1 Å². The molecule has 0 bridgehead atoms. The van der Waals surface area contributed by atoms with Gasteiger partial charge in [0.15, 0.2) is 0 Å². The third-order valence-corrected chi connectivity index (χ3v) is 6.17. The highest BCUT2D eigenvalue weighted by Crippen LogP contribution is 2.40. The van der Waals surface area contributed by atoms with Crippen LogP contribution in [0.25, 0.3) is 0 Å². The second-order valence-electron chi connectivity index (χ2n) is 8.84. The van der Waals surface area contributed by atoms with Gasteiger partial charge in [-0.15, -0.1) is 0 Å². The zero-order chi connectivity index (χ0) is 29.6. The molecule has 3 aromatic rings. The first kappa shape index (κ1) is 30.5. The lowest BCUT2D eigenvalue weighted by molar-refractivity contribution is -0.139. The Morgan fingerprint density at radius 3 is 2.48 bits per heavy atom. The highest BCUT2D eigenvalue weighted by Gasteiger charge is 2.37. The Labute approximate surface area is 234 Å². The van der Waals surface area contributed by atoms with E-state index in [0.717, 1.165) is 0 Å². The van der Waals surface area contributed by atoms with Crippen molar-refractivity contribution in [1.29, 1.82) is 0 Å². The van der Waals surface area contributed by atoms with Crippen LogP contribution in [-0.2, 0) is 12.7 Å². The van der Waals surface area contributed by atoms with E-state index in [0.29, 0.717) is 18.3 Å². The van der Waals surface area contributed by atoms with Crippen LogP contribution < -0.4 is 20.5 Å². The summed E-state index contributed by atoms with van der Waals surface area (Å²) in [5.74, 6) is -2.24. The number of unbranched alkanes of at least 4 members (excludes halogenated alkanes) is 2. The first-order chi connectivity index (χ1) is 18.9. The van der Waals surface area contributed by atoms with E-state index in [9.17, 15) is 22.8 Å². The van der Waals surface area contributed by atoms with Gasteiger partial charge in [-0.25, -0.2) is 4.98 Å². The Hall–Kier alpha value is -4.06. The van der Waals surface area contributed by atoms with E-state index in [2.05, 4.69) is 29.1 Å². The van der Waals surface area contributed by atoms with Crippen molar-refractivity contribution >= 4 is 35.1 Å². The number of hydrogen-bond donors (Lipinski definition) is 2. The molecule has 0 saturated carbocycles. The summed E-state index contributed by atoms with van der Waals surface area (Å²) in [5.41, 5.74) is 4.95. The average Bonchev–Trinajstić information content (AvgIpc) is 3.18. The second kappa shape index (κ2) is 12.9. The number of carbonyl (C=O) groups is 2. The van der Waals surface area contributed by atoms with Crippen LogP contribution in [0.3, 0.4) is 0 Å². The highest BCUT2D eigenvalue weighted by atomic mass is 35.5. The number of anilines is 2. The Kier molecular flexibility index (Phi) is 9.80. The summed E-state index contributed by atoms with van der Waals surface area (Å²) in [6, 6.07) is 7.20.